The minimum absolute atomic E-state index is 0.0582. The molecular formula is C11H11ClN2O. The van der Waals surface area contributed by atoms with Crippen LogP contribution in [-0.4, -0.2) is 5.11 Å². The number of nitrogens with zero attached hydrogens (tertiary/aromatic N) is 1. The first kappa shape index (κ1) is 10.1. The Balaban J connectivity index is 2.77. The molecule has 0 amide bonds. The quantitative estimate of drug-likeness (QED) is 0.662. The van der Waals surface area contributed by atoms with Crippen molar-refractivity contribution in [2.75, 3.05) is 5.73 Å². The van der Waals surface area contributed by atoms with Crippen LogP contribution in [0.4, 0.5) is 5.69 Å². The van der Waals surface area contributed by atoms with Gasteiger partial charge in [0.25, 0.3) is 0 Å². The van der Waals surface area contributed by atoms with Crippen LogP contribution in [-0.2, 0) is 12.8 Å². The lowest BCUT2D eigenvalue weighted by molar-refractivity contribution is 0.462. The van der Waals surface area contributed by atoms with Gasteiger partial charge in [0.2, 0.25) is 0 Å². The molecule has 2 rings (SSSR count). The Hall–Kier alpha value is -1.40. The molecule has 0 unspecified atom stereocenters. The number of hydrogen-bond acceptors (Lipinski definition) is 3. The molecule has 15 heavy (non-hydrogen) atoms. The van der Waals surface area contributed by atoms with Crippen LogP contribution in [0.15, 0.2) is 0 Å². The van der Waals surface area contributed by atoms with Gasteiger partial charge in [0.15, 0.2) is 0 Å². The number of rotatable bonds is 0. The molecule has 0 spiro atoms. The van der Waals surface area contributed by atoms with Crippen molar-refractivity contribution < 1.29 is 5.11 Å². The van der Waals surface area contributed by atoms with Gasteiger partial charge in [-0.1, -0.05) is 11.6 Å². The number of benzene rings is 1. The van der Waals surface area contributed by atoms with E-state index in [9.17, 15) is 5.11 Å². The highest BCUT2D eigenvalue weighted by Gasteiger charge is 2.22. The van der Waals surface area contributed by atoms with Gasteiger partial charge in [-0.25, -0.2) is 0 Å². The van der Waals surface area contributed by atoms with Gasteiger partial charge in [0.05, 0.1) is 11.3 Å². The molecule has 0 saturated carbocycles. The van der Waals surface area contributed by atoms with Gasteiger partial charge in [-0.2, -0.15) is 5.26 Å². The summed E-state index contributed by atoms with van der Waals surface area (Å²) in [5.41, 5.74) is 8.03. The molecule has 0 atom stereocenters. The van der Waals surface area contributed by atoms with Crippen molar-refractivity contribution in [2.24, 2.45) is 0 Å². The monoisotopic (exact) mass is 222 g/mol. The van der Waals surface area contributed by atoms with E-state index in [1.807, 2.05) is 0 Å². The van der Waals surface area contributed by atoms with E-state index >= 15 is 0 Å². The summed E-state index contributed by atoms with van der Waals surface area (Å²) < 4.78 is 0. The number of anilines is 1. The fourth-order valence-corrected chi connectivity index (χ4v) is 2.31. The summed E-state index contributed by atoms with van der Waals surface area (Å²) in [5, 5.41) is 19.0. The first-order valence-corrected chi connectivity index (χ1v) is 5.26. The third-order valence-corrected chi connectivity index (χ3v) is 3.26. The highest BCUT2D eigenvalue weighted by atomic mass is 35.5. The minimum Gasteiger partial charge on any atom is -0.506 e. The number of aromatic hydroxyl groups is 1. The van der Waals surface area contributed by atoms with Crippen molar-refractivity contribution >= 4 is 17.3 Å². The second-order valence-electron chi connectivity index (χ2n) is 3.73. The largest absolute Gasteiger partial charge is 0.506 e. The van der Waals surface area contributed by atoms with Crippen LogP contribution in [0, 0.1) is 11.3 Å². The van der Waals surface area contributed by atoms with Crippen molar-refractivity contribution in [3.63, 3.8) is 0 Å². The number of hydrogen-bond donors (Lipinski definition) is 2. The topological polar surface area (TPSA) is 70.0 Å². The van der Waals surface area contributed by atoms with E-state index in [-0.39, 0.29) is 16.5 Å². The summed E-state index contributed by atoms with van der Waals surface area (Å²) in [6.07, 6.45) is 3.62. The highest BCUT2D eigenvalue weighted by Crippen LogP contribution is 2.41. The number of halogens is 1. The molecule has 0 aromatic heterocycles. The Bertz CT molecular complexity index is 463. The summed E-state index contributed by atoms with van der Waals surface area (Å²) in [6, 6.07) is 2.07. The molecule has 1 aromatic carbocycles. The van der Waals surface area contributed by atoms with Crippen LogP contribution in [0.2, 0.25) is 5.02 Å². The van der Waals surface area contributed by atoms with Crippen LogP contribution in [0.5, 0.6) is 5.75 Å². The standard InChI is InChI=1S/C11H11ClN2O/c12-9-10(14)8(5-13)6-3-1-2-4-7(6)11(9)15/h15H,1-4,14H2. The van der Waals surface area contributed by atoms with Crippen LogP contribution in [0.3, 0.4) is 0 Å². The summed E-state index contributed by atoms with van der Waals surface area (Å²) in [7, 11) is 0. The zero-order valence-electron chi connectivity index (χ0n) is 8.18. The Labute approximate surface area is 93.1 Å². The third kappa shape index (κ3) is 1.42. The maximum Gasteiger partial charge on any atom is 0.139 e. The molecule has 0 heterocycles. The molecule has 0 radical (unpaired) electrons. The molecule has 0 fully saturated rings. The second kappa shape index (κ2) is 3.63. The number of phenolic OH excluding ortho intramolecular Hbond substituents is 1. The van der Waals surface area contributed by atoms with E-state index in [2.05, 4.69) is 6.07 Å². The van der Waals surface area contributed by atoms with Crippen molar-refractivity contribution in [1.29, 1.82) is 5.26 Å². The molecular weight excluding hydrogens is 212 g/mol. The highest BCUT2D eigenvalue weighted by molar-refractivity contribution is 6.35. The van der Waals surface area contributed by atoms with E-state index < -0.39 is 0 Å². The maximum atomic E-state index is 9.82. The lowest BCUT2D eigenvalue weighted by atomic mass is 9.87. The zero-order valence-corrected chi connectivity index (χ0v) is 8.93. The smallest absolute Gasteiger partial charge is 0.139 e. The molecule has 0 bridgehead atoms. The molecule has 0 saturated heterocycles. The predicted molar refractivity (Wildman–Crippen MR) is 58.9 cm³/mol. The third-order valence-electron chi connectivity index (χ3n) is 2.88. The Morgan fingerprint density at radius 1 is 1.27 bits per heavy atom. The number of phenols is 1. The molecule has 1 aromatic rings. The number of fused-ring (bicyclic) bond motifs is 1. The van der Waals surface area contributed by atoms with Crippen LogP contribution in [0.1, 0.15) is 29.5 Å². The van der Waals surface area contributed by atoms with E-state index in [4.69, 9.17) is 22.6 Å². The van der Waals surface area contributed by atoms with E-state index in [1.54, 1.807) is 0 Å². The summed E-state index contributed by atoms with van der Waals surface area (Å²) in [4.78, 5) is 0. The Morgan fingerprint density at radius 3 is 2.47 bits per heavy atom. The SMILES string of the molecule is N#Cc1c(N)c(Cl)c(O)c2c1CCCC2. The average molecular weight is 223 g/mol. The van der Waals surface area contributed by atoms with Gasteiger partial charge < -0.3 is 10.8 Å². The normalized spacial score (nSPS) is 14.4. The lowest BCUT2D eigenvalue weighted by Gasteiger charge is -2.20. The lowest BCUT2D eigenvalue weighted by Crippen LogP contribution is -2.08. The fraction of sp³-hybridized carbons (Fsp3) is 0.364. The fourth-order valence-electron chi connectivity index (χ4n) is 2.10. The first-order valence-electron chi connectivity index (χ1n) is 4.88. The van der Waals surface area contributed by atoms with E-state index in [0.29, 0.717) is 5.56 Å². The van der Waals surface area contributed by atoms with Gasteiger partial charge in [-0.05, 0) is 31.2 Å². The van der Waals surface area contributed by atoms with Gasteiger partial charge in [-0.15, -0.1) is 0 Å². The van der Waals surface area contributed by atoms with Gasteiger partial charge in [0, 0.05) is 5.56 Å². The van der Waals surface area contributed by atoms with Crippen LogP contribution in [0.25, 0.3) is 0 Å². The summed E-state index contributed by atoms with van der Waals surface area (Å²) in [5.74, 6) is 0.0582. The van der Waals surface area contributed by atoms with Crippen molar-refractivity contribution in [3.8, 4) is 11.8 Å². The molecule has 3 N–H and O–H groups in total. The molecule has 3 nitrogen and oxygen atoms in total. The number of nitrogen functional groups attached to an aromatic ring is 1. The predicted octanol–water partition coefficient (Wildman–Crippen LogP) is 2.38. The van der Waals surface area contributed by atoms with Crippen LogP contribution < -0.4 is 5.73 Å². The van der Waals surface area contributed by atoms with Gasteiger partial charge >= 0.3 is 0 Å². The maximum absolute atomic E-state index is 9.82. The number of nitrogens with two attached hydrogens (primary N) is 1. The van der Waals surface area contributed by atoms with Crippen molar-refractivity contribution in [2.45, 2.75) is 25.7 Å². The molecule has 1 aliphatic carbocycles. The van der Waals surface area contributed by atoms with Gasteiger partial charge in [0.1, 0.15) is 16.8 Å². The van der Waals surface area contributed by atoms with E-state index in [1.165, 1.54) is 0 Å². The molecule has 78 valence electrons. The Morgan fingerprint density at radius 2 is 1.87 bits per heavy atom. The minimum atomic E-state index is 0.0582. The zero-order chi connectivity index (χ0) is 11.0. The van der Waals surface area contributed by atoms with Crippen molar-refractivity contribution in [3.05, 3.63) is 21.7 Å². The second-order valence-corrected chi connectivity index (χ2v) is 4.11. The molecule has 0 aliphatic heterocycles. The summed E-state index contributed by atoms with van der Waals surface area (Å²) in [6.45, 7) is 0. The number of nitriles is 1. The average Bonchev–Trinajstić information content (AvgIpc) is 2.27. The first-order chi connectivity index (χ1) is 7.16. The molecule has 1 aliphatic rings. The van der Waals surface area contributed by atoms with Gasteiger partial charge in [-0.3, -0.25) is 0 Å². The summed E-state index contributed by atoms with van der Waals surface area (Å²) >= 11 is 5.87. The van der Waals surface area contributed by atoms with Crippen molar-refractivity contribution in [1.82, 2.24) is 0 Å². The molecule has 4 heteroatoms. The van der Waals surface area contributed by atoms with E-state index in [0.717, 1.165) is 36.8 Å². The van der Waals surface area contributed by atoms with Crippen LogP contribution >= 0.6 is 11.6 Å². The Kier molecular flexibility index (Phi) is 2.45.